The van der Waals surface area contributed by atoms with Gasteiger partial charge in [0.25, 0.3) is 5.69 Å². The van der Waals surface area contributed by atoms with Crippen LogP contribution in [0.5, 0.6) is 0 Å². The highest BCUT2D eigenvalue weighted by Gasteiger charge is 2.64. The SMILES string of the molecule is CC1(C)[C@@H]2CC[C@]1(CS(=O)(=O)Nc1ccccc1)/C(=N\N=C/c1ccc([N+](=O)[O-])cc1)C2. The smallest absolute Gasteiger partial charge is 0.269 e. The van der Waals surface area contributed by atoms with Crippen molar-refractivity contribution in [3.05, 3.63) is 70.3 Å². The number of anilines is 1. The average Bonchev–Trinajstić information content (AvgIpc) is 3.09. The molecule has 0 unspecified atom stereocenters. The lowest BCUT2D eigenvalue weighted by molar-refractivity contribution is -0.384. The van der Waals surface area contributed by atoms with Crippen LogP contribution < -0.4 is 4.72 Å². The van der Waals surface area contributed by atoms with Gasteiger partial charge in [-0.1, -0.05) is 32.0 Å². The van der Waals surface area contributed by atoms with Gasteiger partial charge in [-0.15, -0.1) is 0 Å². The largest absolute Gasteiger partial charge is 0.284 e. The van der Waals surface area contributed by atoms with E-state index in [4.69, 9.17) is 0 Å². The van der Waals surface area contributed by atoms with E-state index in [-0.39, 0.29) is 16.9 Å². The standard InChI is InChI=1S/C23H26N4O4S/c1-22(2)18-12-13-23(22,16-32(30,31)26-19-6-4-3-5-7-19)21(14-18)25-24-15-17-8-10-20(11-9-17)27(28)29/h3-11,15,18,26H,12-14,16H2,1-2H3/b24-15-,25-21-/t18-,23+/m1/s1. The summed E-state index contributed by atoms with van der Waals surface area (Å²) in [6.45, 7) is 4.26. The van der Waals surface area contributed by atoms with Crippen LogP contribution in [0.25, 0.3) is 0 Å². The molecule has 0 heterocycles. The Morgan fingerprint density at radius 3 is 2.47 bits per heavy atom. The van der Waals surface area contributed by atoms with E-state index < -0.39 is 20.4 Å². The molecule has 0 spiro atoms. The molecule has 4 rings (SSSR count). The molecule has 1 N–H and O–H groups in total. The van der Waals surface area contributed by atoms with Gasteiger partial charge < -0.3 is 0 Å². The summed E-state index contributed by atoms with van der Waals surface area (Å²) in [6, 6.07) is 14.9. The first-order chi connectivity index (χ1) is 15.1. The van der Waals surface area contributed by atoms with E-state index in [1.165, 1.54) is 12.1 Å². The van der Waals surface area contributed by atoms with Crippen LogP contribution in [-0.4, -0.2) is 31.0 Å². The summed E-state index contributed by atoms with van der Waals surface area (Å²) in [7, 11) is -3.60. The number of nitrogens with zero attached hydrogens (tertiary/aromatic N) is 3. The number of fused-ring (bicyclic) bond motifs is 2. The predicted octanol–water partition coefficient (Wildman–Crippen LogP) is 4.64. The Morgan fingerprint density at radius 1 is 1.16 bits per heavy atom. The number of sulfonamides is 1. The molecule has 2 saturated carbocycles. The van der Waals surface area contributed by atoms with Gasteiger partial charge in [0.2, 0.25) is 10.0 Å². The van der Waals surface area contributed by atoms with E-state index in [0.717, 1.165) is 25.0 Å². The molecule has 2 fully saturated rings. The van der Waals surface area contributed by atoms with Gasteiger partial charge in [-0.25, -0.2) is 8.42 Å². The van der Waals surface area contributed by atoms with Gasteiger partial charge in [0.1, 0.15) is 0 Å². The molecular weight excluding hydrogens is 428 g/mol. The van der Waals surface area contributed by atoms with Crippen molar-refractivity contribution in [3.8, 4) is 0 Å². The number of nitro groups is 1. The van der Waals surface area contributed by atoms with Gasteiger partial charge in [0, 0.05) is 28.9 Å². The van der Waals surface area contributed by atoms with Crippen molar-refractivity contribution >= 4 is 33.3 Å². The number of nitro benzene ring substituents is 1. The van der Waals surface area contributed by atoms with Crippen molar-refractivity contribution < 1.29 is 13.3 Å². The Kier molecular flexibility index (Phi) is 5.62. The zero-order valence-corrected chi connectivity index (χ0v) is 18.9. The van der Waals surface area contributed by atoms with Crippen LogP contribution in [0.4, 0.5) is 11.4 Å². The van der Waals surface area contributed by atoms with Crippen LogP contribution >= 0.6 is 0 Å². The lowest BCUT2D eigenvalue weighted by atomic mass is 9.70. The predicted molar refractivity (Wildman–Crippen MR) is 126 cm³/mol. The Hall–Kier alpha value is -3.07. The van der Waals surface area contributed by atoms with Crippen LogP contribution in [0, 0.1) is 26.9 Å². The maximum atomic E-state index is 13.1. The molecule has 2 aromatic rings. The van der Waals surface area contributed by atoms with Crippen molar-refractivity contribution in [1.82, 2.24) is 0 Å². The first kappa shape index (κ1) is 22.1. The number of nitrogens with one attached hydrogen (secondary N) is 1. The summed E-state index contributed by atoms with van der Waals surface area (Å²) in [5.41, 5.74) is 1.28. The van der Waals surface area contributed by atoms with E-state index in [0.29, 0.717) is 17.2 Å². The van der Waals surface area contributed by atoms with Crippen molar-refractivity contribution in [2.24, 2.45) is 27.0 Å². The van der Waals surface area contributed by atoms with Gasteiger partial charge in [-0.3, -0.25) is 14.8 Å². The molecule has 2 atom stereocenters. The fraction of sp³-hybridized carbons (Fsp3) is 0.391. The zero-order valence-electron chi connectivity index (χ0n) is 18.1. The normalized spacial score (nSPS) is 25.4. The van der Waals surface area contributed by atoms with Crippen molar-refractivity contribution in [2.45, 2.75) is 33.1 Å². The number of non-ortho nitro benzene ring substituents is 1. The maximum Gasteiger partial charge on any atom is 0.269 e. The molecule has 0 radical (unpaired) electrons. The molecule has 9 heteroatoms. The molecule has 168 valence electrons. The molecule has 0 amide bonds. The average molecular weight is 455 g/mol. The molecule has 2 aliphatic carbocycles. The minimum Gasteiger partial charge on any atom is -0.284 e. The van der Waals surface area contributed by atoms with Crippen LogP contribution in [0.3, 0.4) is 0 Å². The molecule has 0 saturated heterocycles. The third-order valence-electron chi connectivity index (χ3n) is 7.14. The fourth-order valence-electron chi connectivity index (χ4n) is 5.17. The van der Waals surface area contributed by atoms with Gasteiger partial charge >= 0.3 is 0 Å². The minimum absolute atomic E-state index is 0.0124. The summed E-state index contributed by atoms with van der Waals surface area (Å²) in [4.78, 5) is 10.3. The number of para-hydroxylation sites is 1. The van der Waals surface area contributed by atoms with E-state index >= 15 is 0 Å². The lowest BCUT2D eigenvalue weighted by Crippen LogP contribution is -2.43. The first-order valence-corrected chi connectivity index (χ1v) is 12.2. The third kappa shape index (κ3) is 4.04. The van der Waals surface area contributed by atoms with Gasteiger partial charge in [-0.2, -0.15) is 10.2 Å². The maximum absolute atomic E-state index is 13.1. The van der Waals surface area contributed by atoms with Crippen LogP contribution in [-0.2, 0) is 10.0 Å². The van der Waals surface area contributed by atoms with E-state index in [2.05, 4.69) is 28.8 Å². The summed E-state index contributed by atoms with van der Waals surface area (Å²) < 4.78 is 28.9. The minimum atomic E-state index is -3.60. The van der Waals surface area contributed by atoms with Crippen molar-refractivity contribution in [1.29, 1.82) is 0 Å². The monoisotopic (exact) mass is 454 g/mol. The number of rotatable bonds is 7. The van der Waals surface area contributed by atoms with Gasteiger partial charge in [-0.05, 0) is 60.4 Å². The Labute approximate surface area is 187 Å². The summed E-state index contributed by atoms with van der Waals surface area (Å²) in [6.07, 6.45) is 4.00. The fourth-order valence-corrected chi connectivity index (χ4v) is 7.07. The van der Waals surface area contributed by atoms with Gasteiger partial charge in [0.05, 0.1) is 16.9 Å². The molecule has 32 heavy (non-hydrogen) atoms. The Balaban J connectivity index is 1.58. The first-order valence-electron chi connectivity index (χ1n) is 10.5. The van der Waals surface area contributed by atoms with E-state index in [9.17, 15) is 18.5 Å². The Morgan fingerprint density at radius 2 is 1.84 bits per heavy atom. The summed E-state index contributed by atoms with van der Waals surface area (Å²) >= 11 is 0. The van der Waals surface area contributed by atoms with Crippen LogP contribution in [0.2, 0.25) is 0 Å². The number of benzene rings is 2. The van der Waals surface area contributed by atoms with Crippen LogP contribution in [0.15, 0.2) is 64.8 Å². The molecule has 0 aromatic heterocycles. The summed E-state index contributed by atoms with van der Waals surface area (Å²) in [5.74, 6) is 0.326. The second kappa shape index (κ2) is 8.12. The van der Waals surface area contributed by atoms with Crippen molar-refractivity contribution in [3.63, 3.8) is 0 Å². The third-order valence-corrected chi connectivity index (χ3v) is 8.56. The highest BCUT2D eigenvalue weighted by atomic mass is 32.2. The van der Waals surface area contributed by atoms with E-state index in [1.807, 2.05) is 6.07 Å². The molecule has 8 nitrogen and oxygen atoms in total. The molecule has 0 aliphatic heterocycles. The highest BCUT2D eigenvalue weighted by molar-refractivity contribution is 7.92. The second-order valence-corrected chi connectivity index (χ2v) is 10.8. The molecule has 2 aliphatic rings. The van der Waals surface area contributed by atoms with Crippen LogP contribution in [0.1, 0.15) is 38.7 Å². The number of hydrogen-bond donors (Lipinski definition) is 1. The molecule has 2 bridgehead atoms. The molecular formula is C23H26N4O4S. The zero-order chi connectivity index (χ0) is 23.0. The van der Waals surface area contributed by atoms with Crippen molar-refractivity contribution in [2.75, 3.05) is 10.5 Å². The number of hydrogen-bond acceptors (Lipinski definition) is 6. The summed E-state index contributed by atoms with van der Waals surface area (Å²) in [5, 5.41) is 19.5. The topological polar surface area (TPSA) is 114 Å². The molecule has 2 aromatic carbocycles. The second-order valence-electron chi connectivity index (χ2n) is 9.11. The Bertz CT molecular complexity index is 1170. The van der Waals surface area contributed by atoms with E-state index in [1.54, 1.807) is 42.6 Å². The lowest BCUT2D eigenvalue weighted by Gasteiger charge is -2.37. The van der Waals surface area contributed by atoms with Gasteiger partial charge in [0.15, 0.2) is 0 Å². The highest BCUT2D eigenvalue weighted by Crippen LogP contribution is 2.64. The quantitative estimate of drug-likeness (QED) is 0.373.